The molecule has 0 aromatic rings. The van der Waals surface area contributed by atoms with Crippen LogP contribution in [0.15, 0.2) is 0 Å². The zero-order chi connectivity index (χ0) is 7.14. The molecule has 10 heavy (non-hydrogen) atoms. The third-order valence-electron chi connectivity index (χ3n) is 1.85. The van der Waals surface area contributed by atoms with Gasteiger partial charge >= 0.3 is 0 Å². The molecule has 2 saturated heterocycles. The van der Waals surface area contributed by atoms with Gasteiger partial charge < -0.3 is 5.73 Å². The van der Waals surface area contributed by atoms with E-state index in [9.17, 15) is 4.79 Å². The molecule has 0 unspecified atom stereocenters. The summed E-state index contributed by atoms with van der Waals surface area (Å²) in [6, 6.07) is -0.0417. The van der Waals surface area contributed by atoms with Gasteiger partial charge in [0, 0.05) is 0 Å². The predicted molar refractivity (Wildman–Crippen MR) is 39.3 cm³/mol. The van der Waals surface area contributed by atoms with Crippen LogP contribution in [0.5, 0.6) is 0 Å². The summed E-state index contributed by atoms with van der Waals surface area (Å²) < 4.78 is 0. The molecule has 0 aliphatic carbocycles. The first kappa shape index (κ1) is 6.60. The molecule has 2 heterocycles. The summed E-state index contributed by atoms with van der Waals surface area (Å²) in [5.74, 6) is 0.869. The Labute approximate surface area is 62.9 Å². The maximum Gasteiger partial charge on any atom is 0.162 e. The number of hydrazine groups is 1. The highest BCUT2D eigenvalue weighted by atomic mass is 32.2. The first-order valence-electron chi connectivity index (χ1n) is 3.20. The molecule has 56 valence electrons. The van der Waals surface area contributed by atoms with Gasteiger partial charge in [-0.2, -0.15) is 0 Å². The number of thioether (sulfide) groups is 1. The van der Waals surface area contributed by atoms with Gasteiger partial charge in [-0.25, -0.2) is 10.9 Å². The molecule has 0 aromatic heterocycles. The number of nitrogens with one attached hydrogen (secondary N) is 2. The molecule has 2 aliphatic heterocycles. The quantitative estimate of drug-likeness (QED) is 0.398. The van der Waals surface area contributed by atoms with Crippen LogP contribution in [-0.2, 0) is 4.79 Å². The van der Waals surface area contributed by atoms with Gasteiger partial charge in [0.2, 0.25) is 0 Å². The SMILES string of the molecule is N[C@H]1NN[C@@H]2C(=O)CS[C@@H]21. The Kier molecular flexibility index (Phi) is 1.45. The summed E-state index contributed by atoms with van der Waals surface area (Å²) in [5, 5.41) is 0.243. The lowest BCUT2D eigenvalue weighted by Crippen LogP contribution is -2.40. The number of fused-ring (bicyclic) bond motifs is 1. The summed E-state index contributed by atoms with van der Waals surface area (Å²) >= 11 is 1.63. The van der Waals surface area contributed by atoms with E-state index >= 15 is 0 Å². The van der Waals surface area contributed by atoms with E-state index in [2.05, 4.69) is 10.9 Å². The molecule has 2 fully saturated rings. The minimum Gasteiger partial charge on any atom is -0.314 e. The van der Waals surface area contributed by atoms with Crippen LogP contribution in [0, 0.1) is 0 Å². The molecule has 2 rings (SSSR count). The smallest absolute Gasteiger partial charge is 0.162 e. The lowest BCUT2D eigenvalue weighted by atomic mass is 10.1. The number of hydrogen-bond acceptors (Lipinski definition) is 5. The largest absolute Gasteiger partial charge is 0.314 e. The molecule has 2 aliphatic rings. The van der Waals surface area contributed by atoms with Crippen molar-refractivity contribution in [1.82, 2.24) is 10.9 Å². The van der Waals surface area contributed by atoms with Crippen molar-refractivity contribution < 1.29 is 4.79 Å². The molecule has 0 saturated carbocycles. The number of hydrogen-bond donors (Lipinski definition) is 3. The van der Waals surface area contributed by atoms with Crippen molar-refractivity contribution in [1.29, 1.82) is 0 Å². The molecular weight excluding hydrogens is 150 g/mol. The van der Waals surface area contributed by atoms with Gasteiger partial charge in [-0.3, -0.25) is 4.79 Å². The first-order valence-corrected chi connectivity index (χ1v) is 4.25. The van der Waals surface area contributed by atoms with E-state index in [1.165, 1.54) is 0 Å². The van der Waals surface area contributed by atoms with Crippen LogP contribution in [-0.4, -0.2) is 29.0 Å². The van der Waals surface area contributed by atoms with E-state index in [1.807, 2.05) is 0 Å². The standard InChI is InChI=1S/C5H9N3OS/c6-5-4-3(7-8-5)2(9)1-10-4/h3-5,7-8H,1,6H2/t3-,4+,5+/m1/s1. The van der Waals surface area contributed by atoms with E-state index in [1.54, 1.807) is 11.8 Å². The number of carbonyl (C=O) groups is 1. The molecule has 3 atom stereocenters. The molecule has 0 spiro atoms. The first-order chi connectivity index (χ1) is 4.79. The third kappa shape index (κ3) is 0.784. The maximum atomic E-state index is 11.0. The highest BCUT2D eigenvalue weighted by Gasteiger charge is 2.43. The molecule has 4 N–H and O–H groups in total. The molecule has 5 heteroatoms. The van der Waals surface area contributed by atoms with Gasteiger partial charge in [0.15, 0.2) is 5.78 Å². The lowest BCUT2D eigenvalue weighted by Gasteiger charge is -2.07. The summed E-state index contributed by atoms with van der Waals surface area (Å²) in [5.41, 5.74) is 11.3. The Morgan fingerprint density at radius 1 is 1.60 bits per heavy atom. The van der Waals surface area contributed by atoms with Gasteiger partial charge in [0.05, 0.1) is 23.2 Å². The second-order valence-electron chi connectivity index (χ2n) is 2.53. The van der Waals surface area contributed by atoms with Crippen LogP contribution in [0.2, 0.25) is 0 Å². The number of ketones is 1. The predicted octanol–water partition coefficient (Wildman–Crippen LogP) is -1.57. The van der Waals surface area contributed by atoms with Gasteiger partial charge in [-0.1, -0.05) is 0 Å². The highest BCUT2D eigenvalue weighted by molar-refractivity contribution is 8.01. The topological polar surface area (TPSA) is 67.2 Å². The van der Waals surface area contributed by atoms with E-state index in [0.717, 1.165) is 0 Å². The van der Waals surface area contributed by atoms with Crippen molar-refractivity contribution in [2.75, 3.05) is 5.75 Å². The number of Topliss-reactive ketones (excluding diaryl/α,β-unsaturated/α-hetero) is 1. The van der Waals surface area contributed by atoms with E-state index < -0.39 is 0 Å². The monoisotopic (exact) mass is 159 g/mol. The van der Waals surface area contributed by atoms with Crippen LogP contribution >= 0.6 is 11.8 Å². The summed E-state index contributed by atoms with van der Waals surface area (Å²) in [6.07, 6.45) is -0.0681. The van der Waals surface area contributed by atoms with E-state index in [0.29, 0.717) is 5.75 Å². The van der Waals surface area contributed by atoms with Gasteiger partial charge in [-0.05, 0) is 0 Å². The van der Waals surface area contributed by atoms with E-state index in [-0.39, 0.29) is 23.2 Å². The van der Waals surface area contributed by atoms with Crippen LogP contribution < -0.4 is 16.6 Å². The molecule has 0 aromatic carbocycles. The number of carbonyl (C=O) groups excluding carboxylic acids is 1. The van der Waals surface area contributed by atoms with Crippen molar-refractivity contribution in [3.05, 3.63) is 0 Å². The molecule has 0 amide bonds. The Morgan fingerprint density at radius 2 is 2.40 bits per heavy atom. The van der Waals surface area contributed by atoms with Crippen molar-refractivity contribution in [2.45, 2.75) is 17.5 Å². The van der Waals surface area contributed by atoms with Crippen LogP contribution in [0.4, 0.5) is 0 Å². The highest BCUT2D eigenvalue weighted by Crippen LogP contribution is 2.27. The third-order valence-corrected chi connectivity index (χ3v) is 3.25. The minimum atomic E-state index is -0.0681. The van der Waals surface area contributed by atoms with Crippen molar-refractivity contribution in [3.63, 3.8) is 0 Å². The van der Waals surface area contributed by atoms with Gasteiger partial charge in [0.25, 0.3) is 0 Å². The molecule has 0 bridgehead atoms. The van der Waals surface area contributed by atoms with E-state index in [4.69, 9.17) is 5.73 Å². The van der Waals surface area contributed by atoms with Gasteiger partial charge in [-0.15, -0.1) is 11.8 Å². The fraction of sp³-hybridized carbons (Fsp3) is 0.800. The number of nitrogens with two attached hydrogens (primary N) is 1. The summed E-state index contributed by atoms with van der Waals surface area (Å²) in [7, 11) is 0. The molecule has 4 nitrogen and oxygen atoms in total. The fourth-order valence-corrected chi connectivity index (χ4v) is 2.51. The normalized spacial score (nSPS) is 46.1. The second-order valence-corrected chi connectivity index (χ2v) is 3.70. The average molecular weight is 159 g/mol. The van der Waals surface area contributed by atoms with Crippen LogP contribution in [0.3, 0.4) is 0 Å². The van der Waals surface area contributed by atoms with Crippen molar-refractivity contribution in [2.24, 2.45) is 5.73 Å². The fourth-order valence-electron chi connectivity index (χ4n) is 1.29. The second kappa shape index (κ2) is 2.20. The Hall–Kier alpha value is -0.100. The van der Waals surface area contributed by atoms with Crippen LogP contribution in [0.1, 0.15) is 0 Å². The Balaban J connectivity index is 2.16. The van der Waals surface area contributed by atoms with Gasteiger partial charge in [0.1, 0.15) is 0 Å². The summed E-state index contributed by atoms with van der Waals surface area (Å²) in [6.45, 7) is 0. The zero-order valence-corrected chi connectivity index (χ0v) is 6.15. The minimum absolute atomic E-state index is 0.0417. The molecular formula is C5H9N3OS. The zero-order valence-electron chi connectivity index (χ0n) is 5.33. The van der Waals surface area contributed by atoms with Crippen molar-refractivity contribution >= 4 is 17.5 Å². The van der Waals surface area contributed by atoms with Crippen LogP contribution in [0.25, 0.3) is 0 Å². The number of rotatable bonds is 0. The maximum absolute atomic E-state index is 11.0. The average Bonchev–Trinajstić information content (AvgIpc) is 2.41. The summed E-state index contributed by atoms with van der Waals surface area (Å²) in [4.78, 5) is 11.0. The van der Waals surface area contributed by atoms with Crippen molar-refractivity contribution in [3.8, 4) is 0 Å². The molecule has 0 radical (unpaired) electrons. The Morgan fingerprint density at radius 3 is 3.10 bits per heavy atom. The Bertz CT molecular complexity index is 174. The lowest BCUT2D eigenvalue weighted by molar-refractivity contribution is -0.117.